The molecule has 1 aromatic rings. The van der Waals surface area contributed by atoms with E-state index in [2.05, 4.69) is 42.3 Å². The van der Waals surface area contributed by atoms with Gasteiger partial charge in [-0.15, -0.1) is 0 Å². The summed E-state index contributed by atoms with van der Waals surface area (Å²) in [4.78, 5) is 6.35. The second-order valence-corrected chi connectivity index (χ2v) is 4.39. The van der Waals surface area contributed by atoms with Crippen molar-refractivity contribution in [2.75, 3.05) is 13.6 Å². The summed E-state index contributed by atoms with van der Waals surface area (Å²) >= 11 is 0. The fourth-order valence-electron chi connectivity index (χ4n) is 1.02. The maximum atomic E-state index is 4.01. The monoisotopic (exact) mass is 181 g/mol. The van der Waals surface area contributed by atoms with E-state index in [0.29, 0.717) is 0 Å². The van der Waals surface area contributed by atoms with E-state index in [9.17, 15) is 0 Å². The Morgan fingerprint density at radius 3 is 2.54 bits per heavy atom. The Balaban J connectivity index is 2.35. The number of nitrogens with zero attached hydrogens (tertiary/aromatic N) is 3. The minimum absolute atomic E-state index is 0.251. The molecule has 13 heavy (non-hydrogen) atoms. The third-order valence-electron chi connectivity index (χ3n) is 2.40. The van der Waals surface area contributed by atoms with Gasteiger partial charge in [0.25, 0.3) is 0 Å². The lowest BCUT2D eigenvalue weighted by atomic mass is 10.1. The average Bonchev–Trinajstić information content (AvgIpc) is 2.50. The predicted molar refractivity (Wildman–Crippen MR) is 54.6 cm³/mol. The van der Waals surface area contributed by atoms with Crippen LogP contribution in [-0.2, 0) is 6.54 Å². The molecule has 0 radical (unpaired) electrons. The molecule has 1 rings (SSSR count). The van der Waals surface area contributed by atoms with Gasteiger partial charge in [-0.05, 0) is 27.8 Å². The van der Waals surface area contributed by atoms with Crippen LogP contribution in [0.15, 0.2) is 18.7 Å². The van der Waals surface area contributed by atoms with E-state index in [-0.39, 0.29) is 5.54 Å². The van der Waals surface area contributed by atoms with Gasteiger partial charge in [-0.25, -0.2) is 4.98 Å². The van der Waals surface area contributed by atoms with E-state index in [1.165, 1.54) is 0 Å². The summed E-state index contributed by atoms with van der Waals surface area (Å²) in [5.74, 6) is 0. The molecule has 1 heterocycles. The highest BCUT2D eigenvalue weighted by Gasteiger charge is 2.15. The van der Waals surface area contributed by atoms with Crippen LogP contribution in [0, 0.1) is 0 Å². The molecule has 1 aromatic heterocycles. The highest BCUT2D eigenvalue weighted by molar-refractivity contribution is 4.77. The molecule has 0 N–H and O–H groups in total. The summed E-state index contributed by atoms with van der Waals surface area (Å²) in [6.07, 6.45) is 5.67. The minimum atomic E-state index is 0.251. The number of hydrogen-bond donors (Lipinski definition) is 0. The van der Waals surface area contributed by atoms with Crippen LogP contribution in [0.1, 0.15) is 20.8 Å². The van der Waals surface area contributed by atoms with E-state index in [0.717, 1.165) is 13.1 Å². The summed E-state index contributed by atoms with van der Waals surface area (Å²) in [6.45, 7) is 8.73. The van der Waals surface area contributed by atoms with Crippen LogP contribution >= 0.6 is 0 Å². The standard InChI is InChI=1S/C10H19N3/c1-10(2,3)12(4)7-8-13-6-5-11-9-13/h5-6,9H,7-8H2,1-4H3. The van der Waals surface area contributed by atoms with E-state index >= 15 is 0 Å². The lowest BCUT2D eigenvalue weighted by molar-refractivity contribution is 0.169. The summed E-state index contributed by atoms with van der Waals surface area (Å²) < 4.78 is 2.10. The zero-order valence-electron chi connectivity index (χ0n) is 8.99. The number of aromatic nitrogens is 2. The van der Waals surface area contributed by atoms with E-state index < -0.39 is 0 Å². The average molecular weight is 181 g/mol. The van der Waals surface area contributed by atoms with Gasteiger partial charge in [0.05, 0.1) is 6.33 Å². The summed E-state index contributed by atoms with van der Waals surface area (Å²) in [5, 5.41) is 0. The first-order valence-electron chi connectivity index (χ1n) is 4.67. The second-order valence-electron chi connectivity index (χ2n) is 4.39. The lowest BCUT2D eigenvalue weighted by Gasteiger charge is -2.31. The normalized spacial score (nSPS) is 12.4. The molecule has 0 atom stereocenters. The molecule has 0 fully saturated rings. The molecule has 0 aromatic carbocycles. The van der Waals surface area contributed by atoms with Crippen LogP contribution in [0.4, 0.5) is 0 Å². The third kappa shape index (κ3) is 3.19. The van der Waals surface area contributed by atoms with E-state index in [1.807, 2.05) is 18.7 Å². The predicted octanol–water partition coefficient (Wildman–Crippen LogP) is 1.61. The Bertz CT molecular complexity index is 233. The zero-order chi connectivity index (χ0) is 9.90. The smallest absolute Gasteiger partial charge is 0.0946 e. The molecule has 74 valence electrons. The van der Waals surface area contributed by atoms with Crippen molar-refractivity contribution in [1.29, 1.82) is 0 Å². The first kappa shape index (κ1) is 10.3. The van der Waals surface area contributed by atoms with Gasteiger partial charge >= 0.3 is 0 Å². The van der Waals surface area contributed by atoms with Crippen LogP contribution in [0.3, 0.4) is 0 Å². The fraction of sp³-hybridized carbons (Fsp3) is 0.700. The van der Waals surface area contributed by atoms with Crippen LogP contribution in [-0.4, -0.2) is 33.6 Å². The molecule has 0 saturated heterocycles. The first-order chi connectivity index (χ1) is 6.00. The van der Waals surface area contributed by atoms with Crippen molar-refractivity contribution in [3.05, 3.63) is 18.7 Å². The molecule has 0 aliphatic rings. The number of hydrogen-bond acceptors (Lipinski definition) is 2. The summed E-state index contributed by atoms with van der Waals surface area (Å²) in [5.41, 5.74) is 0.251. The van der Waals surface area contributed by atoms with Crippen molar-refractivity contribution >= 4 is 0 Å². The maximum absolute atomic E-state index is 4.01. The van der Waals surface area contributed by atoms with Gasteiger partial charge in [0.2, 0.25) is 0 Å². The van der Waals surface area contributed by atoms with Gasteiger partial charge in [0.15, 0.2) is 0 Å². The molecule has 0 amide bonds. The van der Waals surface area contributed by atoms with Crippen molar-refractivity contribution < 1.29 is 0 Å². The lowest BCUT2D eigenvalue weighted by Crippen LogP contribution is -2.39. The third-order valence-corrected chi connectivity index (χ3v) is 2.40. The molecule has 3 nitrogen and oxygen atoms in total. The largest absolute Gasteiger partial charge is 0.336 e. The van der Waals surface area contributed by atoms with Crippen molar-refractivity contribution in [2.45, 2.75) is 32.9 Å². The highest BCUT2D eigenvalue weighted by Crippen LogP contribution is 2.09. The minimum Gasteiger partial charge on any atom is -0.336 e. The van der Waals surface area contributed by atoms with Crippen LogP contribution in [0.2, 0.25) is 0 Å². The Morgan fingerprint density at radius 2 is 2.08 bits per heavy atom. The molecular formula is C10H19N3. The SMILES string of the molecule is CN(CCn1ccnc1)C(C)(C)C. The van der Waals surface area contributed by atoms with Gasteiger partial charge in [0.1, 0.15) is 0 Å². The quantitative estimate of drug-likeness (QED) is 0.706. The van der Waals surface area contributed by atoms with Crippen LogP contribution < -0.4 is 0 Å². The Hall–Kier alpha value is -0.830. The van der Waals surface area contributed by atoms with Gasteiger partial charge in [-0.2, -0.15) is 0 Å². The van der Waals surface area contributed by atoms with Gasteiger partial charge in [-0.1, -0.05) is 0 Å². The van der Waals surface area contributed by atoms with E-state index in [4.69, 9.17) is 0 Å². The number of rotatable bonds is 3. The van der Waals surface area contributed by atoms with Crippen molar-refractivity contribution in [3.63, 3.8) is 0 Å². The van der Waals surface area contributed by atoms with Crippen molar-refractivity contribution in [2.24, 2.45) is 0 Å². The van der Waals surface area contributed by atoms with Crippen molar-refractivity contribution in [3.8, 4) is 0 Å². The maximum Gasteiger partial charge on any atom is 0.0946 e. The fourth-order valence-corrected chi connectivity index (χ4v) is 1.02. The Labute approximate surface area is 80.4 Å². The highest BCUT2D eigenvalue weighted by atomic mass is 15.2. The van der Waals surface area contributed by atoms with Gasteiger partial charge < -0.3 is 4.57 Å². The molecule has 0 aliphatic carbocycles. The van der Waals surface area contributed by atoms with Crippen molar-refractivity contribution in [1.82, 2.24) is 14.5 Å². The molecule has 0 bridgehead atoms. The number of likely N-dealkylation sites (N-methyl/N-ethyl adjacent to an activating group) is 1. The summed E-state index contributed by atoms with van der Waals surface area (Å²) in [6, 6.07) is 0. The van der Waals surface area contributed by atoms with Crippen LogP contribution in [0.5, 0.6) is 0 Å². The summed E-state index contributed by atoms with van der Waals surface area (Å²) in [7, 11) is 2.15. The Kier molecular flexibility index (Phi) is 3.09. The molecule has 0 spiro atoms. The molecule has 0 aliphatic heterocycles. The molecule has 0 unspecified atom stereocenters. The van der Waals surface area contributed by atoms with Gasteiger partial charge in [0, 0.05) is 31.0 Å². The van der Waals surface area contributed by atoms with E-state index in [1.54, 1.807) is 0 Å². The molecule has 3 heteroatoms. The molecule has 0 saturated carbocycles. The van der Waals surface area contributed by atoms with Gasteiger partial charge in [-0.3, -0.25) is 4.90 Å². The first-order valence-corrected chi connectivity index (χ1v) is 4.67. The second kappa shape index (κ2) is 3.92. The topological polar surface area (TPSA) is 21.1 Å². The Morgan fingerprint density at radius 1 is 1.38 bits per heavy atom. The number of imidazole rings is 1. The zero-order valence-corrected chi connectivity index (χ0v) is 8.99. The molecular weight excluding hydrogens is 162 g/mol. The van der Waals surface area contributed by atoms with Crippen LogP contribution in [0.25, 0.3) is 0 Å².